The summed E-state index contributed by atoms with van der Waals surface area (Å²) in [6.45, 7) is 0. The van der Waals surface area contributed by atoms with Crippen molar-refractivity contribution >= 4 is 27.6 Å². The van der Waals surface area contributed by atoms with E-state index in [0.717, 1.165) is 0 Å². The Bertz CT molecular complexity index is 698. The fraction of sp³-hybridized carbons (Fsp3) is 0.0769. The van der Waals surface area contributed by atoms with Crippen LogP contribution in [0.4, 0.5) is 0 Å². The Hall–Kier alpha value is -1.70. The molecule has 0 aliphatic rings. The Morgan fingerprint density at radius 1 is 1.15 bits per heavy atom. The third-order valence-electron chi connectivity index (χ3n) is 2.48. The van der Waals surface area contributed by atoms with Crippen molar-refractivity contribution in [2.45, 2.75) is 9.92 Å². The number of benzene rings is 1. The van der Waals surface area contributed by atoms with Crippen molar-refractivity contribution in [2.75, 3.05) is 5.75 Å². The first-order valence-corrected chi connectivity index (χ1v) is 8.20. The largest absolute Gasteiger partial charge is 0.293 e. The number of hydrogen-bond acceptors (Lipinski definition) is 5. The van der Waals surface area contributed by atoms with Crippen LogP contribution in [0.2, 0.25) is 0 Å². The van der Waals surface area contributed by atoms with Crippen LogP contribution in [0.1, 0.15) is 10.4 Å². The lowest BCUT2D eigenvalue weighted by molar-refractivity contribution is 0.102. The average molecular weight is 308 g/mol. The van der Waals surface area contributed by atoms with Crippen LogP contribution in [0, 0.1) is 0 Å². The van der Waals surface area contributed by atoms with Crippen LogP contribution in [-0.4, -0.2) is 24.9 Å². The van der Waals surface area contributed by atoms with Crippen LogP contribution >= 0.6 is 11.8 Å². The number of carbonyl (C=O) groups is 1. The fourth-order valence-corrected chi connectivity index (χ4v) is 2.66. The number of nitrogens with zero attached hydrogens (tertiary/aromatic N) is 1. The molecule has 0 aliphatic heterocycles. The summed E-state index contributed by atoms with van der Waals surface area (Å²) in [6, 6.07) is 11.9. The second kappa shape index (κ2) is 6.17. The van der Waals surface area contributed by atoms with Crippen molar-refractivity contribution in [2.24, 2.45) is 5.14 Å². The maximum atomic E-state index is 11.9. The molecule has 0 spiro atoms. The number of rotatable bonds is 5. The monoisotopic (exact) mass is 308 g/mol. The minimum absolute atomic E-state index is 0.00655. The van der Waals surface area contributed by atoms with E-state index in [1.54, 1.807) is 24.3 Å². The van der Waals surface area contributed by atoms with Gasteiger partial charge in [0.1, 0.15) is 4.90 Å². The second-order valence-corrected chi connectivity index (χ2v) is 6.51. The van der Waals surface area contributed by atoms with Gasteiger partial charge >= 0.3 is 0 Å². The number of ketones is 1. The van der Waals surface area contributed by atoms with Crippen LogP contribution in [0.25, 0.3) is 0 Å². The Morgan fingerprint density at radius 2 is 1.85 bits per heavy atom. The Labute approximate surface area is 121 Å². The van der Waals surface area contributed by atoms with E-state index >= 15 is 0 Å². The zero-order valence-electron chi connectivity index (χ0n) is 10.4. The molecule has 7 heteroatoms. The van der Waals surface area contributed by atoms with Crippen LogP contribution < -0.4 is 5.14 Å². The van der Waals surface area contributed by atoms with Crippen LogP contribution in [-0.2, 0) is 10.0 Å². The van der Waals surface area contributed by atoms with Gasteiger partial charge in [0, 0.05) is 11.8 Å². The summed E-state index contributed by atoms with van der Waals surface area (Å²) >= 11 is 1.25. The quantitative estimate of drug-likeness (QED) is 0.670. The van der Waals surface area contributed by atoms with Crippen molar-refractivity contribution in [3.63, 3.8) is 0 Å². The van der Waals surface area contributed by atoms with Gasteiger partial charge in [-0.15, -0.1) is 0 Å². The van der Waals surface area contributed by atoms with Crippen molar-refractivity contribution < 1.29 is 13.2 Å². The highest BCUT2D eigenvalue weighted by atomic mass is 32.2. The van der Waals surface area contributed by atoms with Gasteiger partial charge < -0.3 is 0 Å². The number of aromatic nitrogens is 1. The zero-order chi connectivity index (χ0) is 14.6. The molecule has 1 heterocycles. The number of pyridine rings is 1. The van der Waals surface area contributed by atoms with Crippen molar-refractivity contribution in [3.8, 4) is 0 Å². The third-order valence-corrected chi connectivity index (χ3v) is 4.33. The van der Waals surface area contributed by atoms with E-state index < -0.39 is 10.0 Å². The molecule has 0 radical (unpaired) electrons. The van der Waals surface area contributed by atoms with Gasteiger partial charge in [0.25, 0.3) is 0 Å². The second-order valence-electron chi connectivity index (χ2n) is 3.96. The molecule has 5 nitrogen and oxygen atoms in total. The number of hydrogen-bond donors (Lipinski definition) is 1. The predicted octanol–water partition coefficient (Wildman–Crippen LogP) is 1.70. The molecule has 1 aromatic heterocycles. The number of primary sulfonamides is 1. The van der Waals surface area contributed by atoms with E-state index in [-0.39, 0.29) is 16.4 Å². The number of thioether (sulfide) groups is 1. The fourth-order valence-electron chi connectivity index (χ4n) is 1.47. The lowest BCUT2D eigenvalue weighted by Gasteiger charge is -2.02. The first-order valence-electron chi connectivity index (χ1n) is 5.67. The van der Waals surface area contributed by atoms with Gasteiger partial charge in [-0.1, -0.05) is 42.1 Å². The summed E-state index contributed by atoms with van der Waals surface area (Å²) in [5, 5.41) is 5.55. The Balaban J connectivity index is 2.00. The molecule has 2 aromatic rings. The van der Waals surface area contributed by atoms with Crippen LogP contribution in [0.15, 0.2) is 58.6 Å². The third kappa shape index (κ3) is 3.89. The molecule has 0 amide bonds. The molecule has 2 N–H and O–H groups in total. The molecule has 104 valence electrons. The molecular formula is C13H12N2O3S2. The van der Waals surface area contributed by atoms with Gasteiger partial charge in [-0.05, 0) is 12.1 Å². The normalized spacial score (nSPS) is 11.2. The van der Waals surface area contributed by atoms with Gasteiger partial charge in [-0.2, -0.15) is 0 Å². The molecule has 0 unspecified atom stereocenters. The van der Waals surface area contributed by atoms with Gasteiger partial charge in [-0.25, -0.2) is 18.5 Å². The molecule has 0 atom stereocenters. The van der Waals surface area contributed by atoms with Gasteiger partial charge in [-0.3, -0.25) is 4.79 Å². The SMILES string of the molecule is NS(=O)(=O)c1ccc(SCC(=O)c2ccccc2)nc1. The molecule has 0 aliphatic carbocycles. The number of Topliss-reactive ketones (excluding diaryl/α,β-unsaturated/α-hetero) is 1. The van der Waals surface area contributed by atoms with E-state index in [0.29, 0.717) is 10.6 Å². The summed E-state index contributed by atoms with van der Waals surface area (Å²) in [7, 11) is -3.73. The highest BCUT2D eigenvalue weighted by molar-refractivity contribution is 7.99. The van der Waals surface area contributed by atoms with E-state index in [4.69, 9.17) is 5.14 Å². The number of sulfonamides is 1. The standard InChI is InChI=1S/C13H12N2O3S2/c14-20(17,18)11-6-7-13(15-8-11)19-9-12(16)10-4-2-1-3-5-10/h1-8H,9H2,(H2,14,17,18). The number of nitrogens with two attached hydrogens (primary N) is 1. The minimum atomic E-state index is -3.73. The lowest BCUT2D eigenvalue weighted by Crippen LogP contribution is -2.12. The van der Waals surface area contributed by atoms with E-state index in [1.165, 1.54) is 30.1 Å². The molecule has 20 heavy (non-hydrogen) atoms. The Morgan fingerprint density at radius 3 is 2.40 bits per heavy atom. The van der Waals surface area contributed by atoms with E-state index in [2.05, 4.69) is 4.98 Å². The molecule has 0 bridgehead atoms. The average Bonchev–Trinajstić information content (AvgIpc) is 2.45. The first kappa shape index (κ1) is 14.7. The Kier molecular flexibility index (Phi) is 4.53. The maximum absolute atomic E-state index is 11.9. The summed E-state index contributed by atoms with van der Waals surface area (Å²) in [5.41, 5.74) is 0.640. The van der Waals surface area contributed by atoms with Gasteiger partial charge in [0.05, 0.1) is 10.8 Å². The summed E-state index contributed by atoms with van der Waals surface area (Å²) in [5.74, 6) is 0.235. The minimum Gasteiger partial charge on any atom is -0.293 e. The smallest absolute Gasteiger partial charge is 0.239 e. The lowest BCUT2D eigenvalue weighted by atomic mass is 10.2. The van der Waals surface area contributed by atoms with Crippen LogP contribution in [0.5, 0.6) is 0 Å². The first-order chi connectivity index (χ1) is 9.47. The van der Waals surface area contributed by atoms with E-state index in [1.807, 2.05) is 6.07 Å². The highest BCUT2D eigenvalue weighted by Crippen LogP contribution is 2.18. The summed E-state index contributed by atoms with van der Waals surface area (Å²) in [4.78, 5) is 15.8. The molecule has 0 saturated carbocycles. The van der Waals surface area contributed by atoms with Crippen molar-refractivity contribution in [3.05, 3.63) is 54.2 Å². The summed E-state index contributed by atoms with van der Waals surface area (Å²) < 4.78 is 22.1. The molecule has 0 saturated heterocycles. The van der Waals surface area contributed by atoms with Crippen LogP contribution in [0.3, 0.4) is 0 Å². The highest BCUT2D eigenvalue weighted by Gasteiger charge is 2.09. The summed E-state index contributed by atoms with van der Waals surface area (Å²) in [6.07, 6.45) is 1.19. The molecule has 1 aromatic carbocycles. The topological polar surface area (TPSA) is 90.1 Å². The number of carbonyl (C=O) groups excluding carboxylic acids is 1. The molecular weight excluding hydrogens is 296 g/mol. The van der Waals surface area contributed by atoms with Gasteiger partial charge in [0.15, 0.2) is 5.78 Å². The van der Waals surface area contributed by atoms with Crippen molar-refractivity contribution in [1.82, 2.24) is 4.98 Å². The molecule has 0 fully saturated rings. The van der Waals surface area contributed by atoms with Gasteiger partial charge in [0.2, 0.25) is 10.0 Å². The van der Waals surface area contributed by atoms with E-state index in [9.17, 15) is 13.2 Å². The zero-order valence-corrected chi connectivity index (χ0v) is 12.0. The maximum Gasteiger partial charge on any atom is 0.239 e. The predicted molar refractivity (Wildman–Crippen MR) is 77.1 cm³/mol. The molecule has 2 rings (SSSR count). The van der Waals surface area contributed by atoms with Crippen molar-refractivity contribution in [1.29, 1.82) is 0 Å².